The van der Waals surface area contributed by atoms with Crippen LogP contribution in [-0.2, 0) is 6.18 Å². The minimum atomic E-state index is -4.45. The van der Waals surface area contributed by atoms with Gasteiger partial charge in [0.05, 0.1) is 34.5 Å². The van der Waals surface area contributed by atoms with Crippen molar-refractivity contribution in [3.05, 3.63) is 85.2 Å². The molecule has 7 nitrogen and oxygen atoms in total. The van der Waals surface area contributed by atoms with E-state index < -0.39 is 11.7 Å². The van der Waals surface area contributed by atoms with Gasteiger partial charge < -0.3 is 15.5 Å². The first-order valence-corrected chi connectivity index (χ1v) is 10.2. The van der Waals surface area contributed by atoms with Gasteiger partial charge in [0.2, 0.25) is 0 Å². The van der Waals surface area contributed by atoms with Crippen LogP contribution in [0.5, 0.6) is 0 Å². The van der Waals surface area contributed by atoms with E-state index in [0.29, 0.717) is 11.4 Å². The summed E-state index contributed by atoms with van der Waals surface area (Å²) in [7, 11) is 3.78. The summed E-state index contributed by atoms with van der Waals surface area (Å²) in [5, 5.41) is 14.2. The van der Waals surface area contributed by atoms with Crippen molar-refractivity contribution in [2.45, 2.75) is 6.18 Å². The second kappa shape index (κ2) is 8.89. The first-order chi connectivity index (χ1) is 16.1. The van der Waals surface area contributed by atoms with Gasteiger partial charge >= 0.3 is 6.18 Å². The molecule has 0 unspecified atom stereocenters. The minimum absolute atomic E-state index is 0.231. The highest BCUT2D eigenvalue weighted by Crippen LogP contribution is 2.31. The predicted octanol–water partition coefficient (Wildman–Crippen LogP) is 5.57. The van der Waals surface area contributed by atoms with Gasteiger partial charge in [-0.05, 0) is 35.9 Å². The molecule has 0 fully saturated rings. The van der Waals surface area contributed by atoms with E-state index in [-0.39, 0.29) is 5.82 Å². The van der Waals surface area contributed by atoms with Gasteiger partial charge in [0.1, 0.15) is 11.5 Å². The molecule has 0 aliphatic carbocycles. The highest BCUT2D eigenvalue weighted by molar-refractivity contribution is 5.94. The fraction of sp³-hybridized carbons (Fsp3) is 0.125. The SMILES string of the molecule is C=C(Nc1ccc(C(F)(F)F)cn1)c1n[nH]c2ccc(-c3cncc(NC(=C)N(C)C)c3)cc12. The zero-order chi connectivity index (χ0) is 24.5. The molecule has 0 spiro atoms. The van der Waals surface area contributed by atoms with Crippen molar-refractivity contribution in [1.82, 2.24) is 25.1 Å². The Bertz CT molecular complexity index is 1360. The highest BCUT2D eigenvalue weighted by atomic mass is 19.4. The van der Waals surface area contributed by atoms with Crippen molar-refractivity contribution < 1.29 is 13.2 Å². The van der Waals surface area contributed by atoms with Crippen LogP contribution in [-0.4, -0.2) is 39.2 Å². The smallest absolute Gasteiger partial charge is 0.365 e. The van der Waals surface area contributed by atoms with E-state index in [1.807, 2.05) is 43.3 Å². The summed E-state index contributed by atoms with van der Waals surface area (Å²) in [6.45, 7) is 7.95. The van der Waals surface area contributed by atoms with E-state index in [4.69, 9.17) is 0 Å². The molecule has 1 aromatic carbocycles. The summed E-state index contributed by atoms with van der Waals surface area (Å²) in [5.41, 5.74) is 3.47. The number of rotatable bonds is 7. The standard InChI is InChI=1S/C24H22F3N7/c1-14(30-22-8-6-18(12-29-22)24(25,26)27)23-20-10-16(5-7-21(20)32-33-23)17-9-19(13-28-11-17)31-15(2)34(3)4/h5-13,31H,1-2H2,3-4H3,(H,29,30)(H,32,33). The summed E-state index contributed by atoms with van der Waals surface area (Å²) in [4.78, 5) is 10.0. The van der Waals surface area contributed by atoms with Crippen molar-refractivity contribution in [1.29, 1.82) is 0 Å². The van der Waals surface area contributed by atoms with Gasteiger partial charge in [-0.3, -0.25) is 10.1 Å². The van der Waals surface area contributed by atoms with E-state index in [0.717, 1.165) is 45.8 Å². The number of benzene rings is 1. The van der Waals surface area contributed by atoms with Gasteiger partial charge in [0.25, 0.3) is 0 Å². The fourth-order valence-corrected chi connectivity index (χ4v) is 3.22. The number of alkyl halides is 3. The van der Waals surface area contributed by atoms with Crippen LogP contribution in [0.1, 0.15) is 11.3 Å². The molecule has 3 aromatic heterocycles. The van der Waals surface area contributed by atoms with Crippen molar-refractivity contribution in [3.8, 4) is 11.1 Å². The van der Waals surface area contributed by atoms with Crippen LogP contribution >= 0.6 is 0 Å². The summed E-state index contributed by atoms with van der Waals surface area (Å²) < 4.78 is 38.3. The van der Waals surface area contributed by atoms with Gasteiger partial charge in [-0.1, -0.05) is 19.2 Å². The summed E-state index contributed by atoms with van der Waals surface area (Å²) in [6, 6.07) is 9.95. The monoisotopic (exact) mass is 465 g/mol. The van der Waals surface area contributed by atoms with Crippen LogP contribution < -0.4 is 10.6 Å². The van der Waals surface area contributed by atoms with E-state index in [1.54, 1.807) is 12.4 Å². The number of hydrogen-bond donors (Lipinski definition) is 3. The van der Waals surface area contributed by atoms with Crippen molar-refractivity contribution >= 4 is 28.1 Å². The topological polar surface area (TPSA) is 81.8 Å². The molecule has 0 aliphatic rings. The first-order valence-electron chi connectivity index (χ1n) is 10.2. The molecule has 0 amide bonds. The number of hydrogen-bond acceptors (Lipinski definition) is 6. The molecule has 174 valence electrons. The summed E-state index contributed by atoms with van der Waals surface area (Å²) in [6.07, 6.45) is -0.208. The number of nitrogens with zero attached hydrogens (tertiary/aromatic N) is 4. The van der Waals surface area contributed by atoms with E-state index in [1.165, 1.54) is 6.07 Å². The van der Waals surface area contributed by atoms with Gasteiger partial charge in [0, 0.05) is 37.4 Å². The van der Waals surface area contributed by atoms with E-state index in [9.17, 15) is 13.2 Å². The lowest BCUT2D eigenvalue weighted by Gasteiger charge is -2.17. The maximum absolute atomic E-state index is 12.8. The first kappa shape index (κ1) is 22.8. The Kier molecular flexibility index (Phi) is 5.97. The number of fused-ring (bicyclic) bond motifs is 1. The van der Waals surface area contributed by atoms with Gasteiger partial charge in [-0.2, -0.15) is 18.3 Å². The molecule has 0 saturated heterocycles. The maximum atomic E-state index is 12.8. The lowest BCUT2D eigenvalue weighted by Crippen LogP contribution is -2.16. The Morgan fingerprint density at radius 2 is 1.76 bits per heavy atom. The predicted molar refractivity (Wildman–Crippen MR) is 128 cm³/mol. The average Bonchev–Trinajstić information content (AvgIpc) is 3.22. The molecular formula is C24H22F3N7. The van der Waals surface area contributed by atoms with Crippen LogP contribution in [0.25, 0.3) is 27.7 Å². The molecule has 3 N–H and O–H groups in total. The average molecular weight is 465 g/mol. The Morgan fingerprint density at radius 3 is 2.44 bits per heavy atom. The minimum Gasteiger partial charge on any atom is -0.365 e. The van der Waals surface area contributed by atoms with E-state index in [2.05, 4.69) is 44.0 Å². The molecule has 0 radical (unpaired) electrons. The van der Waals surface area contributed by atoms with Crippen molar-refractivity contribution in [2.75, 3.05) is 24.7 Å². The summed E-state index contributed by atoms with van der Waals surface area (Å²) >= 11 is 0. The number of aromatic nitrogens is 4. The molecule has 10 heteroatoms. The fourth-order valence-electron chi connectivity index (χ4n) is 3.22. The lowest BCUT2D eigenvalue weighted by atomic mass is 10.0. The number of H-pyrrole nitrogens is 1. The van der Waals surface area contributed by atoms with Crippen LogP contribution in [0.3, 0.4) is 0 Å². The van der Waals surface area contributed by atoms with Gasteiger partial charge in [0.15, 0.2) is 0 Å². The Hall–Kier alpha value is -4.34. The van der Waals surface area contributed by atoms with Gasteiger partial charge in [-0.25, -0.2) is 4.98 Å². The third-order valence-corrected chi connectivity index (χ3v) is 5.12. The zero-order valence-electron chi connectivity index (χ0n) is 18.5. The third-order valence-electron chi connectivity index (χ3n) is 5.12. The Morgan fingerprint density at radius 1 is 0.971 bits per heavy atom. The quantitative estimate of drug-likeness (QED) is 0.331. The molecular weight excluding hydrogens is 443 g/mol. The number of halogens is 3. The third kappa shape index (κ3) is 4.85. The number of nitrogens with one attached hydrogen (secondary N) is 3. The second-order valence-electron chi connectivity index (χ2n) is 7.79. The van der Waals surface area contributed by atoms with Crippen LogP contribution in [0.2, 0.25) is 0 Å². The second-order valence-corrected chi connectivity index (χ2v) is 7.79. The number of aromatic amines is 1. The molecule has 0 bridgehead atoms. The normalized spacial score (nSPS) is 11.3. The highest BCUT2D eigenvalue weighted by Gasteiger charge is 2.30. The molecule has 0 saturated carbocycles. The molecule has 3 heterocycles. The summed E-state index contributed by atoms with van der Waals surface area (Å²) in [5.74, 6) is 0.958. The zero-order valence-corrected chi connectivity index (χ0v) is 18.5. The lowest BCUT2D eigenvalue weighted by molar-refractivity contribution is -0.137. The Labute approximate surface area is 194 Å². The Balaban J connectivity index is 1.59. The molecule has 34 heavy (non-hydrogen) atoms. The molecule has 0 aliphatic heterocycles. The van der Waals surface area contributed by atoms with Gasteiger partial charge in [-0.15, -0.1) is 0 Å². The van der Waals surface area contributed by atoms with Crippen LogP contribution in [0.15, 0.2) is 74.0 Å². The number of anilines is 2. The number of pyridine rings is 2. The molecule has 4 rings (SSSR count). The van der Waals surface area contributed by atoms with Crippen molar-refractivity contribution in [3.63, 3.8) is 0 Å². The maximum Gasteiger partial charge on any atom is 0.417 e. The van der Waals surface area contributed by atoms with Crippen LogP contribution in [0.4, 0.5) is 24.7 Å². The largest absolute Gasteiger partial charge is 0.417 e. The van der Waals surface area contributed by atoms with Crippen LogP contribution in [0, 0.1) is 0 Å². The molecule has 0 atom stereocenters. The van der Waals surface area contributed by atoms with Crippen molar-refractivity contribution in [2.24, 2.45) is 0 Å². The molecule has 4 aromatic rings. The van der Waals surface area contributed by atoms with E-state index >= 15 is 0 Å².